The van der Waals surface area contributed by atoms with Gasteiger partial charge in [-0.3, -0.25) is 4.79 Å². The van der Waals surface area contributed by atoms with Crippen molar-refractivity contribution in [2.45, 2.75) is 40.7 Å². The fourth-order valence-electron chi connectivity index (χ4n) is 2.54. The van der Waals surface area contributed by atoms with E-state index in [1.807, 2.05) is 58.0 Å². The number of carbonyl (C=O) groups excluding carboxylic acids is 1. The summed E-state index contributed by atoms with van der Waals surface area (Å²) in [6.45, 7) is 10.7. The molecule has 25 heavy (non-hydrogen) atoms. The molecule has 0 saturated heterocycles. The van der Waals surface area contributed by atoms with Crippen LogP contribution in [0.1, 0.15) is 29.2 Å². The van der Waals surface area contributed by atoms with Crippen molar-refractivity contribution in [3.63, 3.8) is 0 Å². The molecule has 0 heterocycles. The van der Waals surface area contributed by atoms with Gasteiger partial charge in [-0.15, -0.1) is 0 Å². The minimum atomic E-state index is -0.554. The molecule has 1 amide bonds. The Bertz CT molecular complexity index is 740. The third-order valence-electron chi connectivity index (χ3n) is 4.22. The third-order valence-corrected chi connectivity index (χ3v) is 4.22. The molecule has 4 nitrogen and oxygen atoms in total. The van der Waals surface area contributed by atoms with Crippen molar-refractivity contribution < 1.29 is 14.3 Å². The maximum atomic E-state index is 12.2. The quantitative estimate of drug-likeness (QED) is 0.778. The summed E-state index contributed by atoms with van der Waals surface area (Å²) < 4.78 is 11.5. The van der Waals surface area contributed by atoms with Crippen molar-refractivity contribution in [3.8, 4) is 11.5 Å². The van der Waals surface area contributed by atoms with Crippen molar-refractivity contribution in [2.24, 2.45) is 0 Å². The standard InChI is InChI=1S/C21H27NO3/c1-14-9-10-19(16(3)13-14)24-12-11-22-21(23)18(5)25-20-8-6-7-15(2)17(20)4/h6-10,13,18H,11-12H2,1-5H3,(H,22,23)/t18-/m1/s1. The summed E-state index contributed by atoms with van der Waals surface area (Å²) in [4.78, 5) is 12.2. The molecule has 134 valence electrons. The molecule has 0 fully saturated rings. The lowest BCUT2D eigenvalue weighted by Gasteiger charge is -2.17. The van der Waals surface area contributed by atoms with Crippen LogP contribution in [0.15, 0.2) is 36.4 Å². The number of nitrogens with one attached hydrogen (secondary N) is 1. The fraction of sp³-hybridized carbons (Fsp3) is 0.381. The van der Waals surface area contributed by atoms with Crippen LogP contribution in [0, 0.1) is 27.7 Å². The van der Waals surface area contributed by atoms with Crippen LogP contribution < -0.4 is 14.8 Å². The van der Waals surface area contributed by atoms with Gasteiger partial charge < -0.3 is 14.8 Å². The predicted octanol–water partition coefficient (Wildman–Crippen LogP) is 3.88. The highest BCUT2D eigenvalue weighted by molar-refractivity contribution is 5.80. The highest BCUT2D eigenvalue weighted by Gasteiger charge is 2.15. The normalized spacial score (nSPS) is 11.7. The van der Waals surface area contributed by atoms with Gasteiger partial charge in [0.2, 0.25) is 0 Å². The van der Waals surface area contributed by atoms with Gasteiger partial charge in [0.15, 0.2) is 6.10 Å². The first-order valence-electron chi connectivity index (χ1n) is 8.59. The Hall–Kier alpha value is -2.49. The molecule has 0 unspecified atom stereocenters. The van der Waals surface area contributed by atoms with Crippen molar-refractivity contribution in [1.29, 1.82) is 0 Å². The summed E-state index contributed by atoms with van der Waals surface area (Å²) in [5.41, 5.74) is 4.50. The second-order valence-corrected chi connectivity index (χ2v) is 6.37. The molecule has 2 aromatic carbocycles. The summed E-state index contributed by atoms with van der Waals surface area (Å²) in [5, 5.41) is 2.85. The number of benzene rings is 2. The summed E-state index contributed by atoms with van der Waals surface area (Å²) in [6.07, 6.45) is -0.554. The largest absolute Gasteiger partial charge is 0.491 e. The fourth-order valence-corrected chi connectivity index (χ4v) is 2.54. The molecule has 0 aliphatic carbocycles. The van der Waals surface area contributed by atoms with E-state index in [1.54, 1.807) is 6.92 Å². The average Bonchev–Trinajstić information content (AvgIpc) is 2.57. The first-order chi connectivity index (χ1) is 11.9. The van der Waals surface area contributed by atoms with Gasteiger partial charge in [-0.05, 0) is 63.4 Å². The Kier molecular flexibility index (Phi) is 6.45. The zero-order chi connectivity index (χ0) is 18.4. The van der Waals surface area contributed by atoms with Crippen LogP contribution in [0.5, 0.6) is 11.5 Å². The molecule has 0 radical (unpaired) electrons. The maximum absolute atomic E-state index is 12.2. The first kappa shape index (κ1) is 18.8. The molecule has 4 heteroatoms. The lowest BCUT2D eigenvalue weighted by atomic mass is 10.1. The third kappa shape index (κ3) is 5.24. The van der Waals surface area contributed by atoms with Crippen LogP contribution in [-0.4, -0.2) is 25.2 Å². The lowest BCUT2D eigenvalue weighted by molar-refractivity contribution is -0.127. The summed E-state index contributed by atoms with van der Waals surface area (Å²) >= 11 is 0. The number of rotatable bonds is 7. The van der Waals surface area contributed by atoms with Crippen LogP contribution in [0.25, 0.3) is 0 Å². The van der Waals surface area contributed by atoms with E-state index in [1.165, 1.54) is 5.56 Å². The Morgan fingerprint density at radius 2 is 1.80 bits per heavy atom. The van der Waals surface area contributed by atoms with Gasteiger partial charge in [0, 0.05) is 0 Å². The highest BCUT2D eigenvalue weighted by Crippen LogP contribution is 2.21. The van der Waals surface area contributed by atoms with E-state index in [9.17, 15) is 4.79 Å². The smallest absolute Gasteiger partial charge is 0.260 e. The number of hydrogen-bond donors (Lipinski definition) is 1. The molecule has 0 saturated carbocycles. The van der Waals surface area contributed by atoms with Crippen molar-refractivity contribution in [3.05, 3.63) is 58.7 Å². The van der Waals surface area contributed by atoms with Crippen molar-refractivity contribution in [1.82, 2.24) is 5.32 Å². The topological polar surface area (TPSA) is 47.6 Å². The number of carbonyl (C=O) groups is 1. The van der Waals surface area contributed by atoms with Gasteiger partial charge in [-0.25, -0.2) is 0 Å². The average molecular weight is 341 g/mol. The number of aryl methyl sites for hydroxylation is 3. The minimum absolute atomic E-state index is 0.148. The Morgan fingerprint density at radius 3 is 2.52 bits per heavy atom. The molecular weight excluding hydrogens is 314 g/mol. The Balaban J connectivity index is 1.78. The monoisotopic (exact) mass is 341 g/mol. The number of hydrogen-bond acceptors (Lipinski definition) is 3. The number of ether oxygens (including phenoxy) is 2. The zero-order valence-corrected chi connectivity index (χ0v) is 15.7. The molecular formula is C21H27NO3. The molecule has 0 spiro atoms. The van der Waals surface area contributed by atoms with Gasteiger partial charge in [-0.1, -0.05) is 29.8 Å². The van der Waals surface area contributed by atoms with Gasteiger partial charge in [0.25, 0.3) is 5.91 Å². The highest BCUT2D eigenvalue weighted by atomic mass is 16.5. The van der Waals surface area contributed by atoms with E-state index in [0.29, 0.717) is 13.2 Å². The lowest BCUT2D eigenvalue weighted by Crippen LogP contribution is -2.38. The zero-order valence-electron chi connectivity index (χ0n) is 15.7. The maximum Gasteiger partial charge on any atom is 0.260 e. The van der Waals surface area contributed by atoms with Gasteiger partial charge in [0.1, 0.15) is 18.1 Å². The molecule has 0 bridgehead atoms. The van der Waals surface area contributed by atoms with E-state index < -0.39 is 6.10 Å². The van der Waals surface area contributed by atoms with Gasteiger partial charge >= 0.3 is 0 Å². The van der Waals surface area contributed by atoms with E-state index in [4.69, 9.17) is 9.47 Å². The Morgan fingerprint density at radius 1 is 1.04 bits per heavy atom. The minimum Gasteiger partial charge on any atom is -0.491 e. The Labute approximate surface area is 150 Å². The molecule has 0 aromatic heterocycles. The SMILES string of the molecule is Cc1ccc(OCCNC(=O)[C@@H](C)Oc2cccc(C)c2C)c(C)c1. The van der Waals surface area contributed by atoms with Crippen LogP contribution in [-0.2, 0) is 4.79 Å². The van der Waals surface area contributed by atoms with Crippen molar-refractivity contribution >= 4 is 5.91 Å². The molecule has 1 atom stereocenters. The summed E-state index contributed by atoms with van der Waals surface area (Å²) in [6, 6.07) is 11.9. The van der Waals surface area contributed by atoms with Gasteiger partial charge in [-0.2, -0.15) is 0 Å². The van der Waals surface area contributed by atoms with E-state index in [2.05, 4.69) is 11.4 Å². The molecule has 2 rings (SSSR count). The molecule has 1 N–H and O–H groups in total. The summed E-state index contributed by atoms with van der Waals surface area (Å²) in [5.74, 6) is 1.44. The second kappa shape index (κ2) is 8.56. The number of amides is 1. The van der Waals surface area contributed by atoms with Crippen molar-refractivity contribution in [2.75, 3.05) is 13.2 Å². The molecule has 0 aliphatic rings. The van der Waals surface area contributed by atoms with E-state index >= 15 is 0 Å². The van der Waals surface area contributed by atoms with Crippen LogP contribution in [0.3, 0.4) is 0 Å². The molecule has 0 aliphatic heterocycles. The second-order valence-electron chi connectivity index (χ2n) is 6.37. The van der Waals surface area contributed by atoms with Crippen LogP contribution in [0.2, 0.25) is 0 Å². The van der Waals surface area contributed by atoms with Gasteiger partial charge in [0.05, 0.1) is 6.54 Å². The van der Waals surface area contributed by atoms with Crippen LogP contribution in [0.4, 0.5) is 0 Å². The van der Waals surface area contributed by atoms with E-state index in [0.717, 1.165) is 28.2 Å². The predicted molar refractivity (Wildman–Crippen MR) is 100 cm³/mol. The first-order valence-corrected chi connectivity index (χ1v) is 8.59. The molecule has 2 aromatic rings. The van der Waals surface area contributed by atoms with Crippen LogP contribution >= 0.6 is 0 Å². The summed E-state index contributed by atoms with van der Waals surface area (Å²) in [7, 11) is 0. The van der Waals surface area contributed by atoms with E-state index in [-0.39, 0.29) is 5.91 Å².